The molecule has 9 heteroatoms. The highest BCUT2D eigenvalue weighted by atomic mass is 32.2. The van der Waals surface area contributed by atoms with Gasteiger partial charge in [0.1, 0.15) is 22.5 Å². The summed E-state index contributed by atoms with van der Waals surface area (Å²) in [5.41, 5.74) is 1.79. The van der Waals surface area contributed by atoms with Crippen LogP contribution in [0.1, 0.15) is 18.4 Å². The third kappa shape index (κ3) is 10.5. The summed E-state index contributed by atoms with van der Waals surface area (Å²) in [6.07, 6.45) is 0.944. The molecule has 2 aromatic carbocycles. The van der Waals surface area contributed by atoms with Crippen LogP contribution in [0, 0.1) is 0 Å². The van der Waals surface area contributed by atoms with Crippen LogP contribution in [0.15, 0.2) is 60.7 Å². The van der Waals surface area contributed by atoms with E-state index >= 15 is 0 Å². The lowest BCUT2D eigenvalue weighted by Gasteiger charge is -2.18. The molecule has 0 spiro atoms. The van der Waals surface area contributed by atoms with Crippen molar-refractivity contribution in [3.05, 3.63) is 66.2 Å². The number of rotatable bonds is 12. The van der Waals surface area contributed by atoms with E-state index < -0.39 is 27.9 Å². The normalized spacial score (nSPS) is 11.9. The Kier molecular flexibility index (Phi) is 9.83. The van der Waals surface area contributed by atoms with Gasteiger partial charge in [0.05, 0.1) is 5.75 Å². The summed E-state index contributed by atoms with van der Waals surface area (Å²) in [6.45, 7) is 1.10. The van der Waals surface area contributed by atoms with Gasteiger partial charge < -0.3 is 20.7 Å². The van der Waals surface area contributed by atoms with Gasteiger partial charge in [-0.25, -0.2) is 13.2 Å². The fourth-order valence-corrected chi connectivity index (χ4v) is 3.38. The van der Waals surface area contributed by atoms with Gasteiger partial charge in [0.15, 0.2) is 0 Å². The molecule has 0 aromatic heterocycles. The standard InChI is InChI=1S/C22H29N3O5S/c1-31(28,29)16-13-20(25-22(27)30-17-18-9-4-2-5-10-18)21(26)24-15-8-14-23-19-11-6-3-7-12-19/h2-7,9-12,20,23H,8,13-17H2,1H3,(H,24,26)(H,25,27). The minimum absolute atomic E-state index is 0.0344. The Hall–Kier alpha value is -3.07. The first kappa shape index (κ1) is 24.2. The lowest BCUT2D eigenvalue weighted by molar-refractivity contribution is -0.123. The van der Waals surface area contributed by atoms with E-state index in [1.165, 1.54) is 0 Å². The van der Waals surface area contributed by atoms with Gasteiger partial charge in [-0.3, -0.25) is 4.79 Å². The number of alkyl carbamates (subject to hydrolysis) is 1. The Labute approximate surface area is 183 Å². The first-order valence-corrected chi connectivity index (χ1v) is 12.1. The maximum absolute atomic E-state index is 12.5. The van der Waals surface area contributed by atoms with Crippen molar-refractivity contribution in [3.8, 4) is 0 Å². The summed E-state index contributed by atoms with van der Waals surface area (Å²) in [5, 5.41) is 8.45. The number of benzene rings is 2. The molecule has 0 saturated heterocycles. The summed E-state index contributed by atoms with van der Waals surface area (Å²) < 4.78 is 28.2. The third-order valence-corrected chi connectivity index (χ3v) is 5.33. The summed E-state index contributed by atoms with van der Waals surface area (Å²) in [6, 6.07) is 17.8. The quantitative estimate of drug-likeness (QED) is 0.431. The highest BCUT2D eigenvalue weighted by Gasteiger charge is 2.22. The van der Waals surface area contributed by atoms with Crippen LogP contribution in [0.25, 0.3) is 0 Å². The molecule has 0 fully saturated rings. The molecule has 1 atom stereocenters. The van der Waals surface area contributed by atoms with Crippen LogP contribution in [0.2, 0.25) is 0 Å². The topological polar surface area (TPSA) is 114 Å². The number of amides is 2. The van der Waals surface area contributed by atoms with Crippen molar-refractivity contribution in [3.63, 3.8) is 0 Å². The van der Waals surface area contributed by atoms with Crippen molar-refractivity contribution >= 4 is 27.5 Å². The lowest BCUT2D eigenvalue weighted by Crippen LogP contribution is -2.48. The molecule has 2 aromatic rings. The highest BCUT2D eigenvalue weighted by molar-refractivity contribution is 7.90. The highest BCUT2D eigenvalue weighted by Crippen LogP contribution is 2.05. The number of ether oxygens (including phenoxy) is 1. The number of anilines is 1. The molecule has 0 aliphatic carbocycles. The van der Waals surface area contributed by atoms with Crippen LogP contribution in [0.5, 0.6) is 0 Å². The average Bonchev–Trinajstić information content (AvgIpc) is 2.75. The molecule has 0 bridgehead atoms. The summed E-state index contributed by atoms with van der Waals surface area (Å²) in [4.78, 5) is 24.6. The van der Waals surface area contributed by atoms with Gasteiger partial charge in [0, 0.05) is 25.0 Å². The van der Waals surface area contributed by atoms with Crippen molar-refractivity contribution in [1.82, 2.24) is 10.6 Å². The molecule has 31 heavy (non-hydrogen) atoms. The third-order valence-electron chi connectivity index (χ3n) is 4.35. The van der Waals surface area contributed by atoms with Crippen molar-refractivity contribution in [2.45, 2.75) is 25.5 Å². The second-order valence-corrected chi connectivity index (χ2v) is 9.37. The number of sulfone groups is 1. The zero-order valence-corrected chi connectivity index (χ0v) is 18.4. The van der Waals surface area contributed by atoms with Gasteiger partial charge in [0.25, 0.3) is 0 Å². The maximum atomic E-state index is 12.5. The van der Waals surface area contributed by atoms with Crippen molar-refractivity contribution in [2.75, 3.05) is 30.4 Å². The SMILES string of the molecule is CS(=O)(=O)CCC(NC(=O)OCc1ccccc1)C(=O)NCCCNc1ccccc1. The largest absolute Gasteiger partial charge is 0.445 e. The van der Waals surface area contributed by atoms with E-state index in [-0.39, 0.29) is 18.8 Å². The van der Waals surface area contributed by atoms with E-state index in [1.54, 1.807) is 0 Å². The zero-order chi connectivity index (χ0) is 22.5. The van der Waals surface area contributed by atoms with Crippen LogP contribution in [-0.2, 0) is 26.0 Å². The lowest BCUT2D eigenvalue weighted by atomic mass is 10.2. The molecule has 2 amide bonds. The Morgan fingerprint density at radius 3 is 2.26 bits per heavy atom. The van der Waals surface area contributed by atoms with Crippen molar-refractivity contribution in [2.24, 2.45) is 0 Å². The van der Waals surface area contributed by atoms with Crippen molar-refractivity contribution in [1.29, 1.82) is 0 Å². The molecule has 1 unspecified atom stereocenters. The minimum atomic E-state index is -3.29. The number of hydrogen-bond donors (Lipinski definition) is 3. The maximum Gasteiger partial charge on any atom is 0.408 e. The molecule has 8 nitrogen and oxygen atoms in total. The zero-order valence-electron chi connectivity index (χ0n) is 17.5. The summed E-state index contributed by atoms with van der Waals surface area (Å²) in [5.74, 6) is -0.667. The molecular weight excluding hydrogens is 418 g/mol. The van der Waals surface area contributed by atoms with E-state index in [4.69, 9.17) is 4.74 Å². The predicted molar refractivity (Wildman–Crippen MR) is 120 cm³/mol. The van der Waals surface area contributed by atoms with E-state index in [0.717, 1.165) is 17.5 Å². The van der Waals surface area contributed by atoms with Crippen LogP contribution in [0.4, 0.5) is 10.5 Å². The van der Waals surface area contributed by atoms with Gasteiger partial charge in [-0.2, -0.15) is 0 Å². The van der Waals surface area contributed by atoms with E-state index in [2.05, 4.69) is 16.0 Å². The van der Waals surface area contributed by atoms with Gasteiger partial charge >= 0.3 is 6.09 Å². The van der Waals surface area contributed by atoms with E-state index in [0.29, 0.717) is 19.5 Å². The van der Waals surface area contributed by atoms with Gasteiger partial charge in [-0.1, -0.05) is 48.5 Å². The van der Waals surface area contributed by atoms with Gasteiger partial charge in [-0.15, -0.1) is 0 Å². The molecule has 3 N–H and O–H groups in total. The first-order chi connectivity index (χ1) is 14.8. The van der Waals surface area contributed by atoms with Crippen LogP contribution >= 0.6 is 0 Å². The van der Waals surface area contributed by atoms with Crippen molar-refractivity contribution < 1.29 is 22.7 Å². The molecular formula is C22H29N3O5S. The van der Waals surface area contributed by atoms with Crippen LogP contribution in [-0.4, -0.2) is 51.6 Å². The second kappa shape index (κ2) is 12.6. The first-order valence-electron chi connectivity index (χ1n) is 10.0. The minimum Gasteiger partial charge on any atom is -0.445 e. The molecule has 2 rings (SSSR count). The Morgan fingerprint density at radius 1 is 0.968 bits per heavy atom. The summed E-state index contributed by atoms with van der Waals surface area (Å²) in [7, 11) is -3.29. The number of nitrogens with one attached hydrogen (secondary N) is 3. The number of carbonyl (C=O) groups excluding carboxylic acids is 2. The van der Waals surface area contributed by atoms with Gasteiger partial charge in [0.2, 0.25) is 5.91 Å². The molecule has 0 radical (unpaired) electrons. The van der Waals surface area contributed by atoms with Crippen LogP contribution in [0.3, 0.4) is 0 Å². The van der Waals surface area contributed by atoms with E-state index in [9.17, 15) is 18.0 Å². The Balaban J connectivity index is 1.79. The average molecular weight is 448 g/mol. The van der Waals surface area contributed by atoms with E-state index in [1.807, 2.05) is 60.7 Å². The Morgan fingerprint density at radius 2 is 1.61 bits per heavy atom. The predicted octanol–water partition coefficient (Wildman–Crippen LogP) is 2.33. The molecule has 0 aliphatic rings. The Bertz CT molecular complexity index is 921. The number of carbonyl (C=O) groups is 2. The van der Waals surface area contributed by atoms with Crippen LogP contribution < -0.4 is 16.0 Å². The summed E-state index contributed by atoms with van der Waals surface area (Å²) >= 11 is 0. The molecule has 0 saturated carbocycles. The van der Waals surface area contributed by atoms with Gasteiger partial charge in [-0.05, 0) is 30.5 Å². The fourth-order valence-electron chi connectivity index (χ4n) is 2.72. The second-order valence-electron chi connectivity index (χ2n) is 7.11. The molecule has 168 valence electrons. The molecule has 0 aliphatic heterocycles. The fraction of sp³-hybridized carbons (Fsp3) is 0.364. The number of hydrogen-bond acceptors (Lipinski definition) is 6. The molecule has 0 heterocycles. The number of para-hydroxylation sites is 1. The monoisotopic (exact) mass is 447 g/mol. The smallest absolute Gasteiger partial charge is 0.408 e.